The monoisotopic (exact) mass is 373 g/mol. The Morgan fingerprint density at radius 3 is 2.36 bits per heavy atom. The lowest BCUT2D eigenvalue weighted by Crippen LogP contribution is -2.44. The van der Waals surface area contributed by atoms with E-state index in [1.165, 1.54) is 11.1 Å². The van der Waals surface area contributed by atoms with Crippen LogP contribution in [0.5, 0.6) is 0 Å². The lowest BCUT2D eigenvalue weighted by Gasteiger charge is -2.12. The van der Waals surface area contributed by atoms with Crippen LogP contribution in [-0.2, 0) is 10.5 Å². The van der Waals surface area contributed by atoms with Crippen molar-refractivity contribution in [2.24, 2.45) is 0 Å². The highest BCUT2D eigenvalue weighted by molar-refractivity contribution is 7.99. The van der Waals surface area contributed by atoms with Crippen molar-refractivity contribution in [3.63, 3.8) is 0 Å². The third kappa shape index (κ3) is 7.15. The van der Waals surface area contributed by atoms with Gasteiger partial charge < -0.3 is 5.32 Å². The van der Waals surface area contributed by atoms with Crippen LogP contribution in [0.2, 0.25) is 0 Å². The number of nitrogens with one attached hydrogen (secondary N) is 3. The number of hydrazine groups is 1. The fourth-order valence-corrected chi connectivity index (χ4v) is 3.07. The Morgan fingerprint density at radius 1 is 1.04 bits per heavy atom. The van der Waals surface area contributed by atoms with E-state index in [0.29, 0.717) is 16.8 Å². The van der Waals surface area contributed by atoms with E-state index in [9.17, 15) is 4.79 Å². The molecule has 0 heterocycles. The van der Waals surface area contributed by atoms with Crippen LogP contribution in [0, 0.1) is 0 Å². The van der Waals surface area contributed by atoms with E-state index in [2.05, 4.69) is 42.1 Å². The summed E-state index contributed by atoms with van der Waals surface area (Å²) in [6.45, 7) is 4.31. The molecule has 2 aromatic rings. The van der Waals surface area contributed by atoms with Gasteiger partial charge in [0.05, 0.1) is 5.75 Å². The largest absolute Gasteiger partial charge is 0.331 e. The smallest absolute Gasteiger partial charge is 0.248 e. The lowest BCUT2D eigenvalue weighted by molar-refractivity contribution is -0.119. The van der Waals surface area contributed by atoms with Crippen LogP contribution in [0.25, 0.3) is 0 Å². The van der Waals surface area contributed by atoms with Crippen LogP contribution < -0.4 is 16.2 Å². The van der Waals surface area contributed by atoms with Crippen LogP contribution in [0.1, 0.15) is 30.9 Å². The summed E-state index contributed by atoms with van der Waals surface area (Å²) in [7, 11) is 0. The van der Waals surface area contributed by atoms with Crippen LogP contribution in [-0.4, -0.2) is 16.8 Å². The molecule has 0 aliphatic rings. The number of benzene rings is 2. The van der Waals surface area contributed by atoms with E-state index >= 15 is 0 Å². The van der Waals surface area contributed by atoms with Gasteiger partial charge in [-0.25, -0.2) is 0 Å². The van der Waals surface area contributed by atoms with Gasteiger partial charge in [-0.1, -0.05) is 56.3 Å². The molecule has 0 bridgehead atoms. The average Bonchev–Trinajstić information content (AvgIpc) is 2.61. The maximum Gasteiger partial charge on any atom is 0.248 e. The molecule has 0 atom stereocenters. The first-order chi connectivity index (χ1) is 12.0. The molecule has 2 aromatic carbocycles. The molecular formula is C19H23N3OS2. The number of thioether (sulfide) groups is 1. The molecule has 25 heavy (non-hydrogen) atoms. The molecule has 132 valence electrons. The highest BCUT2D eigenvalue weighted by Gasteiger charge is 2.04. The van der Waals surface area contributed by atoms with Gasteiger partial charge in [-0.2, -0.15) is 0 Å². The van der Waals surface area contributed by atoms with Crippen molar-refractivity contribution >= 4 is 40.7 Å². The highest BCUT2D eigenvalue weighted by atomic mass is 32.2. The topological polar surface area (TPSA) is 53.2 Å². The van der Waals surface area contributed by atoms with E-state index in [1.54, 1.807) is 11.8 Å². The minimum absolute atomic E-state index is 0.111. The second-order valence-electron chi connectivity index (χ2n) is 5.88. The fraction of sp³-hybridized carbons (Fsp3) is 0.263. The Balaban J connectivity index is 1.66. The molecule has 0 aliphatic carbocycles. The standard InChI is InChI=1S/C19H23N3OS2/c1-14(2)16-8-10-17(11-9-16)20-19(24)22-21-18(23)13-25-12-15-6-4-3-5-7-15/h3-11,14H,12-13H2,1-2H3,(H,21,23)(H2,20,22,24). The Kier molecular flexibility index (Phi) is 7.76. The second kappa shape index (κ2) is 10.1. The van der Waals surface area contributed by atoms with Gasteiger partial charge >= 0.3 is 0 Å². The van der Waals surface area contributed by atoms with Crippen molar-refractivity contribution in [3.05, 3.63) is 65.7 Å². The van der Waals surface area contributed by atoms with Gasteiger partial charge in [-0.05, 0) is 41.4 Å². The molecule has 2 rings (SSSR count). The molecule has 4 nitrogen and oxygen atoms in total. The molecule has 0 saturated carbocycles. The first kappa shape index (κ1) is 19.3. The molecule has 0 aromatic heterocycles. The van der Waals surface area contributed by atoms with Gasteiger partial charge in [-0.3, -0.25) is 15.6 Å². The van der Waals surface area contributed by atoms with E-state index < -0.39 is 0 Å². The fourth-order valence-electron chi connectivity index (χ4n) is 2.11. The van der Waals surface area contributed by atoms with Crippen LogP contribution >= 0.6 is 24.0 Å². The molecule has 0 spiro atoms. The van der Waals surface area contributed by atoms with Gasteiger partial charge in [0, 0.05) is 11.4 Å². The molecule has 3 N–H and O–H groups in total. The van der Waals surface area contributed by atoms with Crippen LogP contribution in [0.4, 0.5) is 5.69 Å². The normalized spacial score (nSPS) is 10.4. The zero-order valence-electron chi connectivity index (χ0n) is 14.4. The Hall–Kier alpha value is -2.05. The molecular weight excluding hydrogens is 350 g/mol. The first-order valence-electron chi connectivity index (χ1n) is 8.12. The van der Waals surface area contributed by atoms with Crippen molar-refractivity contribution in [2.75, 3.05) is 11.1 Å². The lowest BCUT2D eigenvalue weighted by atomic mass is 10.0. The van der Waals surface area contributed by atoms with Gasteiger partial charge in [-0.15, -0.1) is 11.8 Å². The quantitative estimate of drug-likeness (QED) is 0.527. The number of carbonyl (C=O) groups excluding carboxylic acids is 1. The summed E-state index contributed by atoms with van der Waals surface area (Å²) in [4.78, 5) is 11.8. The minimum Gasteiger partial charge on any atom is -0.331 e. The first-order valence-corrected chi connectivity index (χ1v) is 9.68. The molecule has 6 heteroatoms. The summed E-state index contributed by atoms with van der Waals surface area (Å²) in [6.07, 6.45) is 0. The molecule has 0 unspecified atom stereocenters. The Labute approximate surface area is 158 Å². The molecule has 0 radical (unpaired) electrons. The molecule has 1 amide bonds. The SMILES string of the molecule is CC(C)c1ccc(NC(=S)NNC(=O)CSCc2ccccc2)cc1. The van der Waals surface area contributed by atoms with Crippen LogP contribution in [0.15, 0.2) is 54.6 Å². The van der Waals surface area contributed by atoms with Crippen molar-refractivity contribution in [1.29, 1.82) is 0 Å². The van der Waals surface area contributed by atoms with Crippen LogP contribution in [0.3, 0.4) is 0 Å². The zero-order valence-corrected chi connectivity index (χ0v) is 16.0. The number of carbonyl (C=O) groups is 1. The maximum absolute atomic E-state index is 11.8. The third-order valence-electron chi connectivity index (χ3n) is 3.50. The number of anilines is 1. The number of hydrogen-bond acceptors (Lipinski definition) is 3. The number of thiocarbonyl (C=S) groups is 1. The number of amides is 1. The number of hydrogen-bond donors (Lipinski definition) is 3. The summed E-state index contributed by atoms with van der Waals surface area (Å²) < 4.78 is 0. The number of rotatable bonds is 6. The van der Waals surface area contributed by atoms with Crippen molar-refractivity contribution in [1.82, 2.24) is 10.9 Å². The van der Waals surface area contributed by atoms with E-state index in [1.807, 2.05) is 42.5 Å². The summed E-state index contributed by atoms with van der Waals surface area (Å²) in [5.74, 6) is 1.55. The van der Waals surface area contributed by atoms with Crippen molar-refractivity contribution in [2.45, 2.75) is 25.5 Å². The Morgan fingerprint density at radius 2 is 1.72 bits per heavy atom. The minimum atomic E-state index is -0.111. The molecule has 0 fully saturated rings. The molecule has 0 aliphatic heterocycles. The van der Waals surface area contributed by atoms with E-state index in [4.69, 9.17) is 12.2 Å². The van der Waals surface area contributed by atoms with E-state index in [-0.39, 0.29) is 5.91 Å². The summed E-state index contributed by atoms with van der Waals surface area (Å²) >= 11 is 6.74. The van der Waals surface area contributed by atoms with E-state index in [0.717, 1.165) is 11.4 Å². The predicted octanol–water partition coefficient (Wildman–Crippen LogP) is 4.06. The van der Waals surface area contributed by atoms with Gasteiger partial charge in [0.2, 0.25) is 5.91 Å². The van der Waals surface area contributed by atoms with Crippen molar-refractivity contribution < 1.29 is 4.79 Å². The molecule has 0 saturated heterocycles. The third-order valence-corrected chi connectivity index (χ3v) is 4.70. The van der Waals surface area contributed by atoms with Gasteiger partial charge in [0.25, 0.3) is 0 Å². The maximum atomic E-state index is 11.8. The highest BCUT2D eigenvalue weighted by Crippen LogP contribution is 2.17. The zero-order chi connectivity index (χ0) is 18.1. The van der Waals surface area contributed by atoms with Gasteiger partial charge in [0.1, 0.15) is 0 Å². The predicted molar refractivity (Wildman–Crippen MR) is 111 cm³/mol. The summed E-state index contributed by atoms with van der Waals surface area (Å²) in [5, 5.41) is 3.40. The van der Waals surface area contributed by atoms with Gasteiger partial charge in [0.15, 0.2) is 5.11 Å². The average molecular weight is 374 g/mol. The van der Waals surface area contributed by atoms with Crippen molar-refractivity contribution in [3.8, 4) is 0 Å². The summed E-state index contributed by atoms with van der Waals surface area (Å²) in [6, 6.07) is 18.1. The Bertz CT molecular complexity index is 688. The summed E-state index contributed by atoms with van der Waals surface area (Å²) in [5.41, 5.74) is 8.69. The second-order valence-corrected chi connectivity index (χ2v) is 7.28.